The minimum atomic E-state index is 0.631. The molecule has 0 spiro atoms. The van der Waals surface area contributed by atoms with Crippen LogP contribution in [-0.4, -0.2) is 29.1 Å². The minimum Gasteiger partial charge on any atom is -0.469 e. The summed E-state index contributed by atoms with van der Waals surface area (Å²) in [5.41, 5.74) is 0. The van der Waals surface area contributed by atoms with Gasteiger partial charge in [0.25, 0.3) is 5.19 Å². The Hall–Kier alpha value is -0.680. The molecule has 0 bridgehead atoms. The third-order valence-corrected chi connectivity index (χ3v) is 3.61. The third kappa shape index (κ3) is 2.29. The quantitative estimate of drug-likeness (QED) is 0.841. The van der Waals surface area contributed by atoms with Gasteiger partial charge in [-0.3, -0.25) is 0 Å². The van der Waals surface area contributed by atoms with E-state index in [9.17, 15) is 0 Å². The summed E-state index contributed by atoms with van der Waals surface area (Å²) < 4.78 is 9.97. The number of nitrogens with one attached hydrogen (secondary N) is 1. The van der Waals surface area contributed by atoms with E-state index in [0.717, 1.165) is 30.7 Å². The van der Waals surface area contributed by atoms with Crippen LogP contribution in [0.1, 0.15) is 31.0 Å². The van der Waals surface area contributed by atoms with Crippen LogP contribution in [0, 0.1) is 5.92 Å². The van der Waals surface area contributed by atoms with Crippen molar-refractivity contribution in [3.63, 3.8) is 0 Å². The lowest BCUT2D eigenvalue weighted by atomic mass is 10.1. The highest BCUT2D eigenvalue weighted by atomic mass is 32.1. The first-order valence-corrected chi connectivity index (χ1v) is 6.36. The Balaban J connectivity index is 1.52. The van der Waals surface area contributed by atoms with E-state index in [2.05, 4.69) is 14.7 Å². The smallest absolute Gasteiger partial charge is 0.293 e. The number of nitrogens with zero attached hydrogens (tertiary/aromatic N) is 2. The van der Waals surface area contributed by atoms with E-state index < -0.39 is 0 Å². The van der Waals surface area contributed by atoms with Crippen LogP contribution < -0.4 is 10.1 Å². The summed E-state index contributed by atoms with van der Waals surface area (Å²) in [6.07, 6.45) is 3.72. The molecule has 1 aromatic rings. The molecule has 3 rings (SSSR count). The molecule has 2 fully saturated rings. The van der Waals surface area contributed by atoms with Gasteiger partial charge in [0, 0.05) is 29.9 Å². The van der Waals surface area contributed by atoms with E-state index in [1.807, 2.05) is 0 Å². The highest BCUT2D eigenvalue weighted by molar-refractivity contribution is 7.07. The van der Waals surface area contributed by atoms with Crippen molar-refractivity contribution in [1.29, 1.82) is 0 Å². The molecule has 82 valence electrons. The monoisotopic (exact) mass is 225 g/mol. The molecule has 1 aliphatic carbocycles. The van der Waals surface area contributed by atoms with Crippen molar-refractivity contribution < 1.29 is 4.74 Å². The first-order chi connectivity index (χ1) is 7.42. The topological polar surface area (TPSA) is 47.0 Å². The number of aromatic nitrogens is 2. The summed E-state index contributed by atoms with van der Waals surface area (Å²) in [4.78, 5) is 4.40. The highest BCUT2D eigenvalue weighted by Crippen LogP contribution is 2.39. The second kappa shape index (κ2) is 4.06. The molecule has 4 nitrogen and oxygen atoms in total. The molecule has 0 amide bonds. The number of ether oxygens (including phenoxy) is 1. The van der Waals surface area contributed by atoms with Gasteiger partial charge >= 0.3 is 0 Å². The van der Waals surface area contributed by atoms with Crippen LogP contribution in [0.25, 0.3) is 0 Å². The molecule has 0 aromatic carbocycles. The van der Waals surface area contributed by atoms with Gasteiger partial charge in [-0.1, -0.05) is 0 Å². The standard InChI is InChI=1S/C10H15N3OS/c1-2-8(1)9-12-10(15-13-9)14-6-7-3-4-11-5-7/h7-8,11H,1-6H2. The zero-order valence-corrected chi connectivity index (χ0v) is 9.42. The van der Waals surface area contributed by atoms with Gasteiger partial charge in [0.2, 0.25) is 0 Å². The SMILES string of the molecule is C1CC(COc2nc(C3CC3)ns2)CN1. The Labute approximate surface area is 93.2 Å². The van der Waals surface area contributed by atoms with E-state index in [1.165, 1.54) is 30.8 Å². The first-order valence-electron chi connectivity index (χ1n) is 5.59. The maximum Gasteiger partial charge on any atom is 0.293 e. The van der Waals surface area contributed by atoms with Gasteiger partial charge in [-0.25, -0.2) is 0 Å². The average Bonchev–Trinajstić information content (AvgIpc) is 2.82. The van der Waals surface area contributed by atoms with Gasteiger partial charge in [0.05, 0.1) is 6.61 Å². The summed E-state index contributed by atoms with van der Waals surface area (Å²) in [5.74, 6) is 2.28. The molecule has 1 N–H and O–H groups in total. The van der Waals surface area contributed by atoms with Gasteiger partial charge in [-0.2, -0.15) is 9.36 Å². The zero-order valence-electron chi connectivity index (χ0n) is 8.61. The third-order valence-electron chi connectivity index (χ3n) is 2.97. The predicted octanol–water partition coefficient (Wildman–Crippen LogP) is 1.40. The summed E-state index contributed by atoms with van der Waals surface area (Å²) in [6.45, 7) is 2.98. The lowest BCUT2D eigenvalue weighted by Gasteiger charge is -2.06. The van der Waals surface area contributed by atoms with Crippen LogP contribution >= 0.6 is 11.5 Å². The highest BCUT2D eigenvalue weighted by Gasteiger charge is 2.28. The molecule has 1 saturated heterocycles. The van der Waals surface area contributed by atoms with Crippen molar-refractivity contribution in [2.45, 2.75) is 25.2 Å². The lowest BCUT2D eigenvalue weighted by Crippen LogP contribution is -2.15. The van der Waals surface area contributed by atoms with Crippen molar-refractivity contribution in [1.82, 2.24) is 14.7 Å². The summed E-state index contributed by atoms with van der Waals surface area (Å²) in [7, 11) is 0. The van der Waals surface area contributed by atoms with E-state index in [4.69, 9.17) is 4.74 Å². The Morgan fingerprint density at radius 2 is 2.33 bits per heavy atom. The Morgan fingerprint density at radius 1 is 1.40 bits per heavy atom. The molecular formula is C10H15N3OS. The van der Waals surface area contributed by atoms with Crippen LogP contribution in [0.5, 0.6) is 5.19 Å². The van der Waals surface area contributed by atoms with E-state index in [-0.39, 0.29) is 0 Å². The molecule has 1 atom stereocenters. The Morgan fingerprint density at radius 3 is 3.07 bits per heavy atom. The zero-order chi connectivity index (χ0) is 10.1. The molecule has 1 saturated carbocycles. The van der Waals surface area contributed by atoms with E-state index in [0.29, 0.717) is 11.8 Å². The molecule has 1 unspecified atom stereocenters. The fourth-order valence-corrected chi connectivity index (χ4v) is 2.45. The van der Waals surface area contributed by atoms with Gasteiger partial charge in [-0.15, -0.1) is 0 Å². The van der Waals surface area contributed by atoms with Gasteiger partial charge < -0.3 is 10.1 Å². The van der Waals surface area contributed by atoms with Crippen LogP contribution in [0.3, 0.4) is 0 Å². The molecule has 2 aliphatic rings. The van der Waals surface area contributed by atoms with Gasteiger partial charge in [0.15, 0.2) is 0 Å². The Bertz CT molecular complexity index is 331. The maximum absolute atomic E-state index is 5.65. The largest absolute Gasteiger partial charge is 0.469 e. The second-order valence-electron chi connectivity index (χ2n) is 4.36. The fraction of sp³-hybridized carbons (Fsp3) is 0.800. The molecule has 15 heavy (non-hydrogen) atoms. The van der Waals surface area contributed by atoms with Crippen LogP contribution in [0.15, 0.2) is 0 Å². The van der Waals surface area contributed by atoms with E-state index >= 15 is 0 Å². The molecule has 1 aromatic heterocycles. The van der Waals surface area contributed by atoms with Crippen LogP contribution in [0.2, 0.25) is 0 Å². The summed E-state index contributed by atoms with van der Waals surface area (Å²) in [6, 6.07) is 0. The Kier molecular flexibility index (Phi) is 2.58. The summed E-state index contributed by atoms with van der Waals surface area (Å²) >= 11 is 1.40. The number of hydrogen-bond acceptors (Lipinski definition) is 5. The summed E-state index contributed by atoms with van der Waals surface area (Å²) in [5, 5.41) is 4.08. The van der Waals surface area contributed by atoms with E-state index in [1.54, 1.807) is 0 Å². The van der Waals surface area contributed by atoms with Crippen molar-refractivity contribution in [2.24, 2.45) is 5.92 Å². The molecular weight excluding hydrogens is 210 g/mol. The van der Waals surface area contributed by atoms with Gasteiger partial charge in [0.1, 0.15) is 5.82 Å². The fourth-order valence-electron chi connectivity index (χ4n) is 1.83. The van der Waals surface area contributed by atoms with Crippen molar-refractivity contribution in [3.8, 4) is 5.19 Å². The molecule has 1 aliphatic heterocycles. The van der Waals surface area contributed by atoms with Gasteiger partial charge in [-0.05, 0) is 25.8 Å². The molecule has 0 radical (unpaired) electrons. The lowest BCUT2D eigenvalue weighted by molar-refractivity contribution is 0.258. The average molecular weight is 225 g/mol. The van der Waals surface area contributed by atoms with Crippen molar-refractivity contribution in [3.05, 3.63) is 5.82 Å². The first kappa shape index (κ1) is 9.54. The van der Waals surface area contributed by atoms with Crippen LogP contribution in [0.4, 0.5) is 0 Å². The molecule has 2 heterocycles. The predicted molar refractivity (Wildman–Crippen MR) is 58.4 cm³/mol. The molecule has 5 heteroatoms. The van der Waals surface area contributed by atoms with Crippen LogP contribution in [-0.2, 0) is 0 Å². The normalized spacial score (nSPS) is 25.7. The maximum atomic E-state index is 5.65. The van der Waals surface area contributed by atoms with Crippen molar-refractivity contribution in [2.75, 3.05) is 19.7 Å². The van der Waals surface area contributed by atoms with Crippen molar-refractivity contribution >= 4 is 11.5 Å². The minimum absolute atomic E-state index is 0.631. The second-order valence-corrected chi connectivity index (χ2v) is 5.08. The number of rotatable bonds is 4. The number of hydrogen-bond donors (Lipinski definition) is 1.